The van der Waals surface area contributed by atoms with Crippen LogP contribution in [0.25, 0.3) is 0 Å². The zero-order valence-electron chi connectivity index (χ0n) is 8.43. The molecule has 1 aromatic carbocycles. The molecular weight excluding hydrogens is 279 g/mol. The van der Waals surface area contributed by atoms with Crippen LogP contribution >= 0.6 is 27.5 Å². The minimum Gasteiger partial charge on any atom is -0.496 e. The quantitative estimate of drug-likeness (QED) is 0.614. The average molecular weight is 292 g/mol. The number of hydrogen-bond acceptors (Lipinski definition) is 2. The monoisotopic (exact) mass is 290 g/mol. The molecule has 2 nitrogen and oxygen atoms in total. The minimum atomic E-state index is 0.0847. The summed E-state index contributed by atoms with van der Waals surface area (Å²) >= 11 is 9.06. The first-order valence-electron chi connectivity index (χ1n) is 4.55. The van der Waals surface area contributed by atoms with Crippen molar-refractivity contribution in [1.29, 1.82) is 0 Å². The van der Waals surface area contributed by atoms with E-state index in [4.69, 9.17) is 16.3 Å². The van der Waals surface area contributed by atoms with E-state index in [1.807, 2.05) is 6.07 Å². The summed E-state index contributed by atoms with van der Waals surface area (Å²) in [4.78, 5) is 11.7. The highest BCUT2D eigenvalue weighted by atomic mass is 79.9. The van der Waals surface area contributed by atoms with Gasteiger partial charge in [0.25, 0.3) is 0 Å². The van der Waals surface area contributed by atoms with Gasteiger partial charge in [-0.1, -0.05) is 28.1 Å². The Kier molecular flexibility index (Phi) is 5.12. The van der Waals surface area contributed by atoms with Crippen LogP contribution in [0.1, 0.15) is 22.3 Å². The lowest BCUT2D eigenvalue weighted by molar-refractivity contribution is 0.0989. The van der Waals surface area contributed by atoms with E-state index >= 15 is 0 Å². The minimum absolute atomic E-state index is 0.0847. The van der Waals surface area contributed by atoms with Crippen LogP contribution in [0.2, 0.25) is 0 Å². The average Bonchev–Trinajstić information content (AvgIpc) is 2.28. The zero-order chi connectivity index (χ0) is 11.3. The molecule has 0 bridgehead atoms. The van der Waals surface area contributed by atoms with E-state index in [0.717, 1.165) is 5.56 Å². The number of rotatable bonds is 5. The molecule has 0 heterocycles. The Morgan fingerprint density at radius 3 is 2.80 bits per heavy atom. The first-order valence-corrected chi connectivity index (χ1v) is 6.21. The van der Waals surface area contributed by atoms with Crippen molar-refractivity contribution in [2.45, 2.75) is 12.3 Å². The Balaban J connectivity index is 3.11. The van der Waals surface area contributed by atoms with E-state index < -0.39 is 0 Å². The molecule has 0 aliphatic carbocycles. The maximum atomic E-state index is 11.7. The molecule has 0 radical (unpaired) electrons. The summed E-state index contributed by atoms with van der Waals surface area (Å²) in [5, 5.41) is 0.658. The third kappa shape index (κ3) is 2.95. The molecule has 0 aliphatic rings. The van der Waals surface area contributed by atoms with Gasteiger partial charge in [0.2, 0.25) is 0 Å². The zero-order valence-corrected chi connectivity index (χ0v) is 10.8. The first kappa shape index (κ1) is 12.5. The predicted octanol–water partition coefficient (Wildman–Crippen LogP) is 3.40. The van der Waals surface area contributed by atoms with E-state index in [0.29, 0.717) is 23.1 Å². The number of alkyl halides is 2. The number of halogens is 2. The molecule has 4 heteroatoms. The van der Waals surface area contributed by atoms with Gasteiger partial charge in [0, 0.05) is 22.9 Å². The SMILES string of the molecule is COc1cccc(C(=O)CCBr)c1CCl. The summed E-state index contributed by atoms with van der Waals surface area (Å²) in [5.74, 6) is 1.04. The third-order valence-electron chi connectivity index (χ3n) is 2.11. The molecule has 1 rings (SSSR count). The third-order valence-corrected chi connectivity index (χ3v) is 2.77. The van der Waals surface area contributed by atoms with Crippen LogP contribution in [0.4, 0.5) is 0 Å². The Labute approximate surface area is 103 Å². The van der Waals surface area contributed by atoms with E-state index in [-0.39, 0.29) is 11.7 Å². The number of carbonyl (C=O) groups is 1. The summed E-state index contributed by atoms with van der Waals surface area (Å²) < 4.78 is 5.16. The van der Waals surface area contributed by atoms with Gasteiger partial charge in [0.05, 0.1) is 13.0 Å². The molecule has 0 saturated carbocycles. The highest BCUT2D eigenvalue weighted by Gasteiger charge is 2.13. The lowest BCUT2D eigenvalue weighted by Crippen LogP contribution is -2.05. The molecule has 0 aliphatic heterocycles. The number of carbonyl (C=O) groups excluding carboxylic acids is 1. The van der Waals surface area contributed by atoms with Crippen molar-refractivity contribution in [2.24, 2.45) is 0 Å². The maximum Gasteiger partial charge on any atom is 0.164 e. The molecule has 15 heavy (non-hydrogen) atoms. The second kappa shape index (κ2) is 6.13. The van der Waals surface area contributed by atoms with Gasteiger partial charge >= 0.3 is 0 Å². The summed E-state index contributed by atoms with van der Waals surface area (Å²) in [6, 6.07) is 5.39. The van der Waals surface area contributed by atoms with Crippen molar-refractivity contribution >= 4 is 33.3 Å². The lowest BCUT2D eigenvalue weighted by Gasteiger charge is -2.10. The van der Waals surface area contributed by atoms with Crippen LogP contribution in [0.3, 0.4) is 0 Å². The topological polar surface area (TPSA) is 26.3 Å². The molecule has 0 unspecified atom stereocenters. The molecule has 0 amide bonds. The lowest BCUT2D eigenvalue weighted by atomic mass is 10.0. The van der Waals surface area contributed by atoms with Gasteiger partial charge in [-0.05, 0) is 6.07 Å². The Morgan fingerprint density at radius 2 is 2.27 bits per heavy atom. The second-order valence-electron chi connectivity index (χ2n) is 2.98. The summed E-state index contributed by atoms with van der Waals surface area (Å²) in [6.07, 6.45) is 0.469. The van der Waals surface area contributed by atoms with E-state index in [9.17, 15) is 4.79 Å². The Hall–Kier alpha value is -0.540. The van der Waals surface area contributed by atoms with E-state index in [1.54, 1.807) is 19.2 Å². The number of Topliss-reactive ketones (excluding diaryl/α,β-unsaturated/α-hetero) is 1. The molecule has 0 aromatic heterocycles. The van der Waals surface area contributed by atoms with Gasteiger partial charge in [0.1, 0.15) is 5.75 Å². The fourth-order valence-corrected chi connectivity index (χ4v) is 2.01. The molecule has 0 fully saturated rings. The van der Waals surface area contributed by atoms with Crippen molar-refractivity contribution in [3.8, 4) is 5.75 Å². The smallest absolute Gasteiger partial charge is 0.164 e. The van der Waals surface area contributed by atoms with Crippen LogP contribution in [-0.4, -0.2) is 18.2 Å². The van der Waals surface area contributed by atoms with Crippen LogP contribution in [0, 0.1) is 0 Å². The highest BCUT2D eigenvalue weighted by Crippen LogP contribution is 2.25. The van der Waals surface area contributed by atoms with Gasteiger partial charge in [-0.3, -0.25) is 4.79 Å². The number of methoxy groups -OCH3 is 1. The molecular formula is C11H12BrClO2. The van der Waals surface area contributed by atoms with Crippen molar-refractivity contribution in [3.05, 3.63) is 29.3 Å². The first-order chi connectivity index (χ1) is 7.24. The number of ether oxygens (including phenoxy) is 1. The van der Waals surface area contributed by atoms with Crippen LogP contribution in [-0.2, 0) is 5.88 Å². The number of hydrogen-bond donors (Lipinski definition) is 0. The second-order valence-corrected chi connectivity index (χ2v) is 4.04. The van der Waals surface area contributed by atoms with Gasteiger partial charge in [-0.25, -0.2) is 0 Å². The number of benzene rings is 1. The van der Waals surface area contributed by atoms with Crippen LogP contribution < -0.4 is 4.74 Å². The Morgan fingerprint density at radius 1 is 1.53 bits per heavy atom. The molecule has 0 saturated heterocycles. The van der Waals surface area contributed by atoms with Crippen molar-refractivity contribution < 1.29 is 9.53 Å². The predicted molar refractivity (Wildman–Crippen MR) is 65.3 cm³/mol. The molecule has 0 spiro atoms. The van der Waals surface area contributed by atoms with Gasteiger partial charge in [-0.2, -0.15) is 0 Å². The molecule has 0 atom stereocenters. The van der Waals surface area contributed by atoms with Gasteiger partial charge in [0.15, 0.2) is 5.78 Å². The summed E-state index contributed by atoms with van der Waals surface area (Å²) in [7, 11) is 1.57. The van der Waals surface area contributed by atoms with Crippen molar-refractivity contribution in [1.82, 2.24) is 0 Å². The standard InChI is InChI=1S/C11H12BrClO2/c1-15-11-4-2-3-8(9(11)7-13)10(14)5-6-12/h2-4H,5-7H2,1H3. The van der Waals surface area contributed by atoms with E-state index in [1.165, 1.54) is 0 Å². The largest absolute Gasteiger partial charge is 0.496 e. The maximum absolute atomic E-state index is 11.7. The normalized spacial score (nSPS) is 10.1. The van der Waals surface area contributed by atoms with Crippen molar-refractivity contribution in [3.63, 3.8) is 0 Å². The van der Waals surface area contributed by atoms with Crippen molar-refractivity contribution in [2.75, 3.05) is 12.4 Å². The Bertz CT molecular complexity index is 352. The fraction of sp³-hybridized carbons (Fsp3) is 0.364. The van der Waals surface area contributed by atoms with Crippen LogP contribution in [0.5, 0.6) is 5.75 Å². The molecule has 1 aromatic rings. The molecule has 0 N–H and O–H groups in total. The molecule has 82 valence electrons. The van der Waals surface area contributed by atoms with Crippen LogP contribution in [0.15, 0.2) is 18.2 Å². The van der Waals surface area contributed by atoms with Gasteiger partial charge in [-0.15, -0.1) is 11.6 Å². The highest BCUT2D eigenvalue weighted by molar-refractivity contribution is 9.09. The van der Waals surface area contributed by atoms with E-state index in [2.05, 4.69) is 15.9 Å². The summed E-state index contributed by atoms with van der Waals surface area (Å²) in [5.41, 5.74) is 1.43. The summed E-state index contributed by atoms with van der Waals surface area (Å²) in [6.45, 7) is 0. The fourth-order valence-electron chi connectivity index (χ4n) is 1.38. The number of ketones is 1. The van der Waals surface area contributed by atoms with Gasteiger partial charge < -0.3 is 4.74 Å².